The van der Waals surface area contributed by atoms with Crippen LogP contribution in [0.25, 0.3) is 6.08 Å². The molecule has 1 aromatic rings. The largest absolute Gasteiger partial charge is 0.477 e. The number of rotatable bonds is 6. The van der Waals surface area contributed by atoms with Gasteiger partial charge in [0.05, 0.1) is 21.5 Å². The van der Waals surface area contributed by atoms with E-state index in [0.717, 1.165) is 4.88 Å². The molecule has 0 aliphatic carbocycles. The van der Waals surface area contributed by atoms with Gasteiger partial charge in [0.1, 0.15) is 11.1 Å². The Morgan fingerprint density at radius 3 is 2.48 bits per heavy atom. The third-order valence-corrected chi connectivity index (χ3v) is 9.10. The number of nitrogens with zero attached hydrogens (tertiary/aromatic N) is 1. The summed E-state index contributed by atoms with van der Waals surface area (Å²) in [6.45, 7) is 12.3. The standard InChI is InChI=1S/C20H26ClNO4S2Si/c1-19(2,3)20(4,26-29(5)6)13-16(23)22-14(18(24)25)15(28-17(13)22)12(21)10-11-8-7-9-27-11/h7-10,13,17,29H,1-6H3,(H,24,25)/b12-10-/t13-,17+,20?/m0/s1. The first-order chi connectivity index (χ1) is 13.4. The molecule has 1 unspecified atom stereocenters. The van der Waals surface area contributed by atoms with Crippen molar-refractivity contribution in [3.8, 4) is 0 Å². The molecule has 158 valence electrons. The van der Waals surface area contributed by atoms with Gasteiger partial charge >= 0.3 is 5.97 Å². The van der Waals surface area contributed by atoms with Crippen LogP contribution in [-0.2, 0) is 14.0 Å². The van der Waals surface area contributed by atoms with Gasteiger partial charge in [-0.25, -0.2) is 4.79 Å². The van der Waals surface area contributed by atoms with E-state index in [1.54, 1.807) is 6.08 Å². The number of β-lactam (4-membered cyclic amide) rings is 1. The third kappa shape index (κ3) is 3.85. The number of amides is 1. The summed E-state index contributed by atoms with van der Waals surface area (Å²) < 4.78 is 6.43. The summed E-state index contributed by atoms with van der Waals surface area (Å²) in [6.07, 6.45) is 1.75. The number of allylic oxidation sites excluding steroid dienone is 1. The first kappa shape index (κ1) is 22.6. The van der Waals surface area contributed by atoms with E-state index in [1.165, 1.54) is 28.0 Å². The average molecular weight is 472 g/mol. The van der Waals surface area contributed by atoms with E-state index < -0.39 is 26.5 Å². The molecule has 1 aromatic heterocycles. The van der Waals surface area contributed by atoms with Crippen LogP contribution in [-0.4, -0.2) is 41.9 Å². The molecule has 1 saturated heterocycles. The number of fused-ring (bicyclic) bond motifs is 1. The SMILES string of the molecule is C[SiH](C)OC(C)([C@H]1C(=O)N2C(C(=O)O)=C(/C(Cl)=C/c3cccs3)S[C@H]12)C(C)(C)C. The van der Waals surface area contributed by atoms with E-state index in [4.69, 9.17) is 16.0 Å². The molecule has 0 spiro atoms. The van der Waals surface area contributed by atoms with Crippen LogP contribution in [0.4, 0.5) is 0 Å². The van der Waals surface area contributed by atoms with Crippen LogP contribution in [0.1, 0.15) is 32.6 Å². The molecule has 0 radical (unpaired) electrons. The second-order valence-electron chi connectivity index (χ2n) is 8.71. The summed E-state index contributed by atoms with van der Waals surface area (Å²) in [5.74, 6) is -1.78. The average Bonchev–Trinajstić information content (AvgIpc) is 3.18. The van der Waals surface area contributed by atoms with Crippen molar-refractivity contribution >= 4 is 61.7 Å². The number of carbonyl (C=O) groups is 2. The van der Waals surface area contributed by atoms with Gasteiger partial charge in [-0.3, -0.25) is 9.69 Å². The number of hydrogen-bond acceptors (Lipinski definition) is 5. The minimum Gasteiger partial charge on any atom is -0.477 e. The molecule has 9 heteroatoms. The van der Waals surface area contributed by atoms with Crippen molar-refractivity contribution in [3.05, 3.63) is 38.0 Å². The van der Waals surface area contributed by atoms with Gasteiger partial charge < -0.3 is 9.53 Å². The van der Waals surface area contributed by atoms with E-state index in [2.05, 4.69) is 33.9 Å². The Labute approximate surface area is 186 Å². The maximum Gasteiger partial charge on any atom is 0.353 e. The number of halogens is 1. The second kappa shape index (κ2) is 7.89. The van der Waals surface area contributed by atoms with Gasteiger partial charge in [0.2, 0.25) is 5.91 Å². The van der Waals surface area contributed by atoms with E-state index >= 15 is 0 Å². The summed E-state index contributed by atoms with van der Waals surface area (Å²) in [5.41, 5.74) is -1.01. The third-order valence-electron chi connectivity index (χ3n) is 5.53. The first-order valence-corrected chi connectivity index (χ1v) is 14.4. The van der Waals surface area contributed by atoms with Crippen molar-refractivity contribution < 1.29 is 19.1 Å². The molecule has 1 amide bonds. The van der Waals surface area contributed by atoms with Gasteiger partial charge in [0, 0.05) is 4.88 Å². The number of carbonyl (C=O) groups excluding carboxylic acids is 1. The maximum atomic E-state index is 13.2. The number of aliphatic carboxylic acids is 1. The van der Waals surface area contributed by atoms with Gasteiger partial charge in [-0.1, -0.05) is 50.2 Å². The summed E-state index contributed by atoms with van der Waals surface area (Å²) >= 11 is 9.39. The number of thioether (sulfide) groups is 1. The van der Waals surface area contributed by atoms with Gasteiger partial charge in [-0.15, -0.1) is 11.3 Å². The highest BCUT2D eigenvalue weighted by Crippen LogP contribution is 2.58. The Balaban J connectivity index is 1.99. The van der Waals surface area contributed by atoms with E-state index in [9.17, 15) is 14.7 Å². The summed E-state index contributed by atoms with van der Waals surface area (Å²) in [7, 11) is -1.45. The molecule has 3 rings (SSSR count). The van der Waals surface area contributed by atoms with Crippen molar-refractivity contribution in [3.63, 3.8) is 0 Å². The lowest BCUT2D eigenvalue weighted by Crippen LogP contribution is -2.69. The van der Waals surface area contributed by atoms with Crippen LogP contribution in [0.2, 0.25) is 13.1 Å². The zero-order chi connectivity index (χ0) is 21.7. The van der Waals surface area contributed by atoms with Crippen LogP contribution >= 0.6 is 34.7 Å². The fourth-order valence-electron chi connectivity index (χ4n) is 3.76. The maximum absolute atomic E-state index is 13.2. The quantitative estimate of drug-likeness (QED) is 0.469. The summed E-state index contributed by atoms with van der Waals surface area (Å²) in [4.78, 5) is 28.0. The topological polar surface area (TPSA) is 66.8 Å². The molecule has 5 nitrogen and oxygen atoms in total. The Bertz CT molecular complexity index is 891. The highest BCUT2D eigenvalue weighted by atomic mass is 35.5. The van der Waals surface area contributed by atoms with Crippen molar-refractivity contribution in [2.75, 3.05) is 0 Å². The molecule has 0 saturated carbocycles. The predicted molar refractivity (Wildman–Crippen MR) is 122 cm³/mol. The minimum atomic E-state index is -1.45. The van der Waals surface area contributed by atoms with Gasteiger partial charge in [-0.05, 0) is 43.0 Å². The summed E-state index contributed by atoms with van der Waals surface area (Å²) in [5, 5.41) is 11.8. The van der Waals surface area contributed by atoms with Gasteiger partial charge in [0.15, 0.2) is 9.04 Å². The molecule has 3 atom stereocenters. The zero-order valence-electron chi connectivity index (χ0n) is 17.4. The lowest BCUT2D eigenvalue weighted by atomic mass is 9.66. The molecule has 1 fully saturated rings. The highest BCUT2D eigenvalue weighted by molar-refractivity contribution is 8.04. The molecular weight excluding hydrogens is 446 g/mol. The zero-order valence-corrected chi connectivity index (χ0v) is 20.9. The van der Waals surface area contributed by atoms with E-state index in [-0.39, 0.29) is 22.4 Å². The normalized spacial score (nSPS) is 24.6. The fourth-order valence-corrected chi connectivity index (χ4v) is 7.83. The number of carboxylic acid groups (broad SMARTS) is 1. The molecule has 0 aromatic carbocycles. The molecule has 29 heavy (non-hydrogen) atoms. The molecule has 1 N–H and O–H groups in total. The van der Waals surface area contributed by atoms with Gasteiger partial charge in [0.25, 0.3) is 0 Å². The molecule has 3 heterocycles. The lowest BCUT2D eigenvalue weighted by molar-refractivity contribution is -0.173. The molecule has 0 bridgehead atoms. The van der Waals surface area contributed by atoms with Crippen molar-refractivity contribution in [1.29, 1.82) is 0 Å². The number of thiophene rings is 1. The monoisotopic (exact) mass is 471 g/mol. The molecular formula is C20H26ClNO4S2Si. The molecule has 2 aliphatic rings. The number of hydrogen-bond donors (Lipinski definition) is 1. The van der Waals surface area contributed by atoms with Crippen LogP contribution in [0.15, 0.2) is 33.1 Å². The Kier molecular flexibility index (Phi) is 6.15. The van der Waals surface area contributed by atoms with Crippen LogP contribution in [0.3, 0.4) is 0 Å². The second-order valence-corrected chi connectivity index (χ2v) is 13.6. The Hall–Kier alpha value is -1.06. The van der Waals surface area contributed by atoms with Gasteiger partial charge in [-0.2, -0.15) is 0 Å². The fraction of sp³-hybridized carbons (Fsp3) is 0.500. The van der Waals surface area contributed by atoms with Crippen LogP contribution in [0, 0.1) is 11.3 Å². The minimum absolute atomic E-state index is 0.0305. The van der Waals surface area contributed by atoms with Crippen LogP contribution in [0.5, 0.6) is 0 Å². The highest BCUT2D eigenvalue weighted by Gasteiger charge is 2.65. The Morgan fingerprint density at radius 1 is 1.34 bits per heavy atom. The van der Waals surface area contributed by atoms with Crippen molar-refractivity contribution in [2.45, 2.75) is 51.8 Å². The summed E-state index contributed by atoms with van der Waals surface area (Å²) in [6, 6.07) is 3.82. The first-order valence-electron chi connectivity index (χ1n) is 9.44. The lowest BCUT2D eigenvalue weighted by Gasteiger charge is -2.56. The van der Waals surface area contributed by atoms with Crippen LogP contribution < -0.4 is 0 Å². The Morgan fingerprint density at radius 2 is 2.00 bits per heavy atom. The molecule has 2 aliphatic heterocycles. The van der Waals surface area contributed by atoms with E-state index in [1.807, 2.05) is 24.4 Å². The van der Waals surface area contributed by atoms with E-state index in [0.29, 0.717) is 9.94 Å². The number of carboxylic acids is 1. The van der Waals surface area contributed by atoms with Crippen molar-refractivity contribution in [2.24, 2.45) is 11.3 Å². The smallest absolute Gasteiger partial charge is 0.353 e. The predicted octanol–water partition coefficient (Wildman–Crippen LogP) is 4.96. The van der Waals surface area contributed by atoms with Crippen molar-refractivity contribution in [1.82, 2.24) is 4.90 Å².